The molecule has 0 aliphatic carbocycles. The summed E-state index contributed by atoms with van der Waals surface area (Å²) < 4.78 is 5.90. The molecule has 1 aliphatic rings. The van der Waals surface area contributed by atoms with Crippen molar-refractivity contribution in [3.05, 3.63) is 34.3 Å². The van der Waals surface area contributed by atoms with Gasteiger partial charge in [-0.25, -0.2) is 0 Å². The Morgan fingerprint density at radius 1 is 1.47 bits per heavy atom. The summed E-state index contributed by atoms with van der Waals surface area (Å²) in [5, 5.41) is 3.26. The quantitative estimate of drug-likeness (QED) is 0.852. The van der Waals surface area contributed by atoms with E-state index in [1.165, 1.54) is 12.7 Å². The fraction of sp³-hybridized carbons (Fsp3) is 0.462. The molecule has 0 radical (unpaired) electrons. The van der Waals surface area contributed by atoms with Gasteiger partial charge in [-0.05, 0) is 37.0 Å². The lowest BCUT2D eigenvalue weighted by molar-refractivity contribution is -0.147. The number of hydrogen-bond donors (Lipinski definition) is 1. The van der Waals surface area contributed by atoms with E-state index in [2.05, 4.69) is 33.4 Å². The Balaban J connectivity index is 2.12. The molecule has 0 aromatic heterocycles. The fourth-order valence-electron chi connectivity index (χ4n) is 2.34. The molecule has 17 heavy (non-hydrogen) atoms. The first-order chi connectivity index (χ1) is 8.05. The summed E-state index contributed by atoms with van der Waals surface area (Å²) in [6.07, 6.45) is 0.779. The van der Waals surface area contributed by atoms with Gasteiger partial charge in [-0.15, -0.1) is 0 Å². The van der Waals surface area contributed by atoms with Gasteiger partial charge in [0, 0.05) is 11.0 Å². The molecule has 4 heteroatoms. The SMILES string of the molecule is COC(=O)C1(C)CC(c2ccc(Br)cc2)CN1. The highest BCUT2D eigenvalue weighted by Crippen LogP contribution is 2.33. The third kappa shape index (κ3) is 2.53. The molecule has 1 aromatic rings. The van der Waals surface area contributed by atoms with Crippen molar-refractivity contribution < 1.29 is 9.53 Å². The average molecular weight is 298 g/mol. The molecule has 1 heterocycles. The summed E-state index contributed by atoms with van der Waals surface area (Å²) in [5.41, 5.74) is 0.709. The van der Waals surface area contributed by atoms with Crippen LogP contribution in [-0.4, -0.2) is 25.2 Å². The van der Waals surface area contributed by atoms with Crippen molar-refractivity contribution >= 4 is 21.9 Å². The maximum Gasteiger partial charge on any atom is 0.325 e. The Labute approximate surface area is 110 Å². The van der Waals surface area contributed by atoms with Crippen LogP contribution in [0.25, 0.3) is 0 Å². The van der Waals surface area contributed by atoms with Gasteiger partial charge in [-0.2, -0.15) is 0 Å². The number of esters is 1. The Morgan fingerprint density at radius 2 is 2.12 bits per heavy atom. The zero-order valence-corrected chi connectivity index (χ0v) is 11.6. The number of halogens is 1. The van der Waals surface area contributed by atoms with Crippen LogP contribution < -0.4 is 5.32 Å². The monoisotopic (exact) mass is 297 g/mol. The molecule has 1 aromatic carbocycles. The molecule has 1 saturated heterocycles. The van der Waals surface area contributed by atoms with Crippen LogP contribution in [0.5, 0.6) is 0 Å². The summed E-state index contributed by atoms with van der Waals surface area (Å²) in [6.45, 7) is 2.71. The van der Waals surface area contributed by atoms with Crippen molar-refractivity contribution in [1.82, 2.24) is 5.32 Å². The van der Waals surface area contributed by atoms with E-state index in [0.29, 0.717) is 5.92 Å². The van der Waals surface area contributed by atoms with Crippen LogP contribution in [0.15, 0.2) is 28.7 Å². The van der Waals surface area contributed by atoms with Crippen molar-refractivity contribution in [2.24, 2.45) is 0 Å². The van der Waals surface area contributed by atoms with Crippen LogP contribution in [0.1, 0.15) is 24.8 Å². The Morgan fingerprint density at radius 3 is 2.71 bits per heavy atom. The van der Waals surface area contributed by atoms with Gasteiger partial charge in [-0.1, -0.05) is 28.1 Å². The third-order valence-electron chi connectivity index (χ3n) is 3.37. The van der Waals surface area contributed by atoms with E-state index in [1.54, 1.807) is 0 Å². The molecule has 3 nitrogen and oxygen atoms in total. The van der Waals surface area contributed by atoms with Crippen molar-refractivity contribution in [1.29, 1.82) is 0 Å². The first-order valence-electron chi connectivity index (χ1n) is 5.64. The van der Waals surface area contributed by atoms with Crippen LogP contribution in [-0.2, 0) is 9.53 Å². The molecule has 0 amide bonds. The van der Waals surface area contributed by atoms with Gasteiger partial charge in [0.25, 0.3) is 0 Å². The van der Waals surface area contributed by atoms with Gasteiger partial charge in [0.15, 0.2) is 0 Å². The van der Waals surface area contributed by atoms with E-state index in [-0.39, 0.29) is 5.97 Å². The van der Waals surface area contributed by atoms with E-state index >= 15 is 0 Å². The molecule has 2 atom stereocenters. The summed E-state index contributed by atoms with van der Waals surface area (Å²) in [6, 6.07) is 8.26. The standard InChI is InChI=1S/C13H16BrNO2/c1-13(12(16)17-2)7-10(8-15-13)9-3-5-11(14)6-4-9/h3-6,10,15H,7-8H2,1-2H3. The normalized spacial score (nSPS) is 28.1. The van der Waals surface area contributed by atoms with E-state index in [4.69, 9.17) is 4.74 Å². The zero-order valence-electron chi connectivity index (χ0n) is 10.00. The number of rotatable bonds is 2. The first-order valence-corrected chi connectivity index (χ1v) is 6.43. The van der Waals surface area contributed by atoms with Crippen LogP contribution in [0.3, 0.4) is 0 Å². The topological polar surface area (TPSA) is 38.3 Å². The number of hydrogen-bond acceptors (Lipinski definition) is 3. The largest absolute Gasteiger partial charge is 0.468 e. The Kier molecular flexibility index (Phi) is 3.54. The lowest BCUT2D eigenvalue weighted by Crippen LogP contribution is -2.45. The van der Waals surface area contributed by atoms with E-state index in [9.17, 15) is 4.79 Å². The van der Waals surface area contributed by atoms with E-state index < -0.39 is 5.54 Å². The molecule has 1 N–H and O–H groups in total. The minimum atomic E-state index is -0.549. The fourth-order valence-corrected chi connectivity index (χ4v) is 2.60. The molecule has 1 aliphatic heterocycles. The average Bonchev–Trinajstić information content (AvgIpc) is 2.73. The number of benzene rings is 1. The number of carbonyl (C=O) groups is 1. The molecular formula is C13H16BrNO2. The minimum Gasteiger partial charge on any atom is -0.468 e. The van der Waals surface area contributed by atoms with Gasteiger partial charge in [0.05, 0.1) is 7.11 Å². The van der Waals surface area contributed by atoms with Gasteiger partial charge in [-0.3, -0.25) is 4.79 Å². The predicted octanol–water partition coefficient (Wildman–Crippen LogP) is 2.46. The van der Waals surface area contributed by atoms with Crippen LogP contribution in [0.2, 0.25) is 0 Å². The van der Waals surface area contributed by atoms with Gasteiger partial charge >= 0.3 is 5.97 Å². The molecule has 0 spiro atoms. The van der Waals surface area contributed by atoms with Gasteiger partial charge in [0.1, 0.15) is 5.54 Å². The molecular weight excluding hydrogens is 282 g/mol. The summed E-state index contributed by atoms with van der Waals surface area (Å²) in [7, 11) is 1.43. The highest BCUT2D eigenvalue weighted by molar-refractivity contribution is 9.10. The van der Waals surface area contributed by atoms with Crippen molar-refractivity contribution in [3.63, 3.8) is 0 Å². The third-order valence-corrected chi connectivity index (χ3v) is 3.90. The number of methoxy groups -OCH3 is 1. The van der Waals surface area contributed by atoms with Crippen LogP contribution in [0, 0.1) is 0 Å². The highest BCUT2D eigenvalue weighted by Gasteiger charge is 2.42. The van der Waals surface area contributed by atoms with Crippen molar-refractivity contribution in [2.45, 2.75) is 24.8 Å². The first kappa shape index (κ1) is 12.6. The van der Waals surface area contributed by atoms with Gasteiger partial charge < -0.3 is 10.1 Å². The number of nitrogens with one attached hydrogen (secondary N) is 1. The summed E-state index contributed by atoms with van der Waals surface area (Å²) >= 11 is 3.42. The molecule has 2 unspecified atom stereocenters. The molecule has 2 rings (SSSR count). The number of carbonyl (C=O) groups excluding carboxylic acids is 1. The van der Waals surface area contributed by atoms with E-state index in [0.717, 1.165) is 17.4 Å². The number of ether oxygens (including phenoxy) is 1. The molecule has 0 bridgehead atoms. The van der Waals surface area contributed by atoms with Crippen LogP contribution >= 0.6 is 15.9 Å². The Hall–Kier alpha value is -0.870. The summed E-state index contributed by atoms with van der Waals surface area (Å²) in [5.74, 6) is 0.185. The zero-order chi connectivity index (χ0) is 12.5. The maximum absolute atomic E-state index is 11.7. The van der Waals surface area contributed by atoms with Gasteiger partial charge in [0.2, 0.25) is 0 Å². The molecule has 0 saturated carbocycles. The lowest BCUT2D eigenvalue weighted by atomic mass is 9.90. The second-order valence-corrected chi connectivity index (χ2v) is 5.57. The second kappa shape index (κ2) is 4.78. The lowest BCUT2D eigenvalue weighted by Gasteiger charge is -2.20. The van der Waals surface area contributed by atoms with Crippen LogP contribution in [0.4, 0.5) is 0 Å². The second-order valence-electron chi connectivity index (χ2n) is 4.66. The smallest absolute Gasteiger partial charge is 0.325 e. The van der Waals surface area contributed by atoms with Crippen molar-refractivity contribution in [2.75, 3.05) is 13.7 Å². The molecule has 92 valence electrons. The Bertz CT molecular complexity index is 418. The van der Waals surface area contributed by atoms with Crippen molar-refractivity contribution in [3.8, 4) is 0 Å². The predicted molar refractivity (Wildman–Crippen MR) is 69.9 cm³/mol. The highest BCUT2D eigenvalue weighted by atomic mass is 79.9. The van der Waals surface area contributed by atoms with E-state index in [1.807, 2.05) is 19.1 Å². The maximum atomic E-state index is 11.7. The summed E-state index contributed by atoms with van der Waals surface area (Å²) in [4.78, 5) is 11.7. The molecule has 1 fully saturated rings. The minimum absolute atomic E-state index is 0.183.